The smallest absolute Gasteiger partial charge is 0.319 e. The lowest BCUT2D eigenvalue weighted by atomic mass is 10.0. The number of amides is 2. The van der Waals surface area contributed by atoms with Crippen LogP contribution in [0.15, 0.2) is 18.2 Å². The zero-order valence-electron chi connectivity index (χ0n) is 14.0. The summed E-state index contributed by atoms with van der Waals surface area (Å²) in [7, 11) is 0. The van der Waals surface area contributed by atoms with Crippen LogP contribution in [-0.4, -0.2) is 49.3 Å². The van der Waals surface area contributed by atoms with E-state index in [1.165, 1.54) is 11.1 Å². The number of benzene rings is 1. The van der Waals surface area contributed by atoms with Crippen molar-refractivity contribution < 1.29 is 9.53 Å². The van der Waals surface area contributed by atoms with Gasteiger partial charge in [-0.3, -0.25) is 4.90 Å². The van der Waals surface area contributed by atoms with Crippen molar-refractivity contribution in [2.75, 3.05) is 38.2 Å². The van der Waals surface area contributed by atoms with Crippen molar-refractivity contribution in [3.05, 3.63) is 29.3 Å². The zero-order chi connectivity index (χ0) is 16.2. The number of hydrogen-bond acceptors (Lipinski definition) is 3. The molecule has 0 spiro atoms. The van der Waals surface area contributed by atoms with E-state index < -0.39 is 0 Å². The maximum atomic E-state index is 12.1. The SMILES string of the molecule is Cc1ccc(NC(=O)NCC(C)(C)N2CCOCC2)cc1C. The van der Waals surface area contributed by atoms with E-state index in [1.54, 1.807) is 0 Å². The molecular formula is C17H27N3O2. The van der Waals surface area contributed by atoms with Crippen molar-refractivity contribution >= 4 is 11.7 Å². The fourth-order valence-corrected chi connectivity index (χ4v) is 2.57. The third kappa shape index (κ3) is 4.45. The first-order chi connectivity index (χ1) is 10.4. The molecule has 1 saturated heterocycles. The van der Waals surface area contributed by atoms with E-state index in [4.69, 9.17) is 4.74 Å². The fourth-order valence-electron chi connectivity index (χ4n) is 2.57. The van der Waals surface area contributed by atoms with E-state index in [2.05, 4.69) is 36.3 Å². The van der Waals surface area contributed by atoms with E-state index in [0.29, 0.717) is 6.54 Å². The highest BCUT2D eigenvalue weighted by molar-refractivity contribution is 5.89. The van der Waals surface area contributed by atoms with Crippen molar-refractivity contribution in [2.45, 2.75) is 33.2 Å². The van der Waals surface area contributed by atoms with E-state index in [1.807, 2.05) is 25.1 Å². The molecule has 0 atom stereocenters. The van der Waals surface area contributed by atoms with Crippen molar-refractivity contribution in [1.29, 1.82) is 0 Å². The largest absolute Gasteiger partial charge is 0.379 e. The van der Waals surface area contributed by atoms with Crippen molar-refractivity contribution in [2.24, 2.45) is 0 Å². The van der Waals surface area contributed by atoms with Crippen LogP contribution in [0, 0.1) is 13.8 Å². The van der Waals surface area contributed by atoms with Crippen LogP contribution in [0.5, 0.6) is 0 Å². The molecule has 2 N–H and O–H groups in total. The van der Waals surface area contributed by atoms with Gasteiger partial charge in [-0.25, -0.2) is 4.79 Å². The topological polar surface area (TPSA) is 53.6 Å². The normalized spacial score (nSPS) is 16.4. The van der Waals surface area contributed by atoms with Gasteiger partial charge in [0.1, 0.15) is 0 Å². The van der Waals surface area contributed by atoms with Gasteiger partial charge >= 0.3 is 6.03 Å². The lowest BCUT2D eigenvalue weighted by Gasteiger charge is -2.40. The van der Waals surface area contributed by atoms with Crippen molar-refractivity contribution in [3.63, 3.8) is 0 Å². The highest BCUT2D eigenvalue weighted by Gasteiger charge is 2.28. The maximum absolute atomic E-state index is 12.1. The number of anilines is 1. The molecule has 0 unspecified atom stereocenters. The number of hydrogen-bond donors (Lipinski definition) is 2. The van der Waals surface area contributed by atoms with Gasteiger partial charge in [0.25, 0.3) is 0 Å². The maximum Gasteiger partial charge on any atom is 0.319 e. The predicted octanol–water partition coefficient (Wildman–Crippen LogP) is 2.54. The minimum atomic E-state index is -0.162. The molecule has 2 rings (SSSR count). The second kappa shape index (κ2) is 7.11. The average Bonchev–Trinajstić information content (AvgIpc) is 2.50. The number of aryl methyl sites for hydroxylation is 2. The van der Waals surface area contributed by atoms with E-state index >= 15 is 0 Å². The number of rotatable bonds is 4. The Morgan fingerprint density at radius 1 is 1.23 bits per heavy atom. The van der Waals surface area contributed by atoms with Crippen molar-refractivity contribution in [1.82, 2.24) is 10.2 Å². The number of nitrogens with one attached hydrogen (secondary N) is 2. The summed E-state index contributed by atoms with van der Waals surface area (Å²) in [5.41, 5.74) is 3.14. The number of nitrogens with zero attached hydrogens (tertiary/aromatic N) is 1. The van der Waals surface area contributed by atoms with Gasteiger partial charge in [-0.15, -0.1) is 0 Å². The first-order valence-corrected chi connectivity index (χ1v) is 7.83. The highest BCUT2D eigenvalue weighted by Crippen LogP contribution is 2.16. The summed E-state index contributed by atoms with van der Waals surface area (Å²) in [6.07, 6.45) is 0. The second-order valence-electron chi connectivity index (χ2n) is 6.52. The highest BCUT2D eigenvalue weighted by atomic mass is 16.5. The average molecular weight is 305 g/mol. The van der Waals surface area contributed by atoms with Crippen LogP contribution in [0.25, 0.3) is 0 Å². The van der Waals surface area contributed by atoms with Crippen LogP contribution in [0.3, 0.4) is 0 Å². The summed E-state index contributed by atoms with van der Waals surface area (Å²) < 4.78 is 5.38. The number of ether oxygens (including phenoxy) is 1. The molecule has 1 aliphatic heterocycles. The van der Waals surface area contributed by atoms with E-state index in [0.717, 1.165) is 32.0 Å². The van der Waals surface area contributed by atoms with Gasteiger partial charge in [0.15, 0.2) is 0 Å². The molecule has 1 aromatic rings. The molecule has 5 nitrogen and oxygen atoms in total. The summed E-state index contributed by atoms with van der Waals surface area (Å²) >= 11 is 0. The Bertz CT molecular complexity index is 523. The van der Waals surface area contributed by atoms with Gasteiger partial charge in [0.2, 0.25) is 0 Å². The van der Waals surface area contributed by atoms with Crippen LogP contribution >= 0.6 is 0 Å². The minimum Gasteiger partial charge on any atom is -0.379 e. The van der Waals surface area contributed by atoms with E-state index in [-0.39, 0.29) is 11.6 Å². The number of morpholine rings is 1. The van der Waals surface area contributed by atoms with Gasteiger partial charge < -0.3 is 15.4 Å². The van der Waals surface area contributed by atoms with Gasteiger partial charge in [0.05, 0.1) is 13.2 Å². The summed E-state index contributed by atoms with van der Waals surface area (Å²) in [6, 6.07) is 5.77. The Balaban J connectivity index is 1.84. The van der Waals surface area contributed by atoms with Gasteiger partial charge in [-0.05, 0) is 51.0 Å². The van der Waals surface area contributed by atoms with Crippen LogP contribution in [0.4, 0.5) is 10.5 Å². The Morgan fingerprint density at radius 2 is 1.91 bits per heavy atom. The van der Waals surface area contributed by atoms with Crippen molar-refractivity contribution in [3.8, 4) is 0 Å². The molecule has 22 heavy (non-hydrogen) atoms. The minimum absolute atomic E-state index is 0.0791. The molecule has 0 saturated carbocycles. The zero-order valence-corrected chi connectivity index (χ0v) is 14.0. The molecule has 122 valence electrons. The Labute approximate surface area is 133 Å². The number of carbonyl (C=O) groups excluding carboxylic acids is 1. The van der Waals surface area contributed by atoms with Crippen LogP contribution in [0.2, 0.25) is 0 Å². The number of urea groups is 1. The lowest BCUT2D eigenvalue weighted by Crippen LogP contribution is -2.55. The van der Waals surface area contributed by atoms with Gasteiger partial charge in [-0.2, -0.15) is 0 Å². The predicted molar refractivity (Wildman–Crippen MR) is 89.4 cm³/mol. The molecule has 1 fully saturated rings. The molecule has 2 amide bonds. The molecule has 0 aromatic heterocycles. The van der Waals surface area contributed by atoms with Crippen LogP contribution < -0.4 is 10.6 Å². The molecule has 0 bridgehead atoms. The number of carbonyl (C=O) groups is 1. The van der Waals surface area contributed by atoms with Crippen LogP contribution in [0.1, 0.15) is 25.0 Å². The Kier molecular flexibility index (Phi) is 5.42. The molecule has 0 radical (unpaired) electrons. The summed E-state index contributed by atoms with van der Waals surface area (Å²) in [4.78, 5) is 14.4. The molecular weight excluding hydrogens is 278 g/mol. The van der Waals surface area contributed by atoms with Gasteiger partial charge in [0, 0.05) is 30.9 Å². The first kappa shape index (κ1) is 16.8. The van der Waals surface area contributed by atoms with Gasteiger partial charge in [-0.1, -0.05) is 6.07 Å². The fraction of sp³-hybridized carbons (Fsp3) is 0.588. The Hall–Kier alpha value is -1.59. The molecule has 1 heterocycles. The monoisotopic (exact) mass is 305 g/mol. The molecule has 0 aliphatic carbocycles. The lowest BCUT2D eigenvalue weighted by molar-refractivity contribution is -0.00863. The third-order valence-corrected chi connectivity index (χ3v) is 4.31. The second-order valence-corrected chi connectivity index (χ2v) is 6.52. The third-order valence-electron chi connectivity index (χ3n) is 4.31. The first-order valence-electron chi connectivity index (χ1n) is 7.83. The quantitative estimate of drug-likeness (QED) is 0.899. The standard InChI is InChI=1S/C17H27N3O2/c1-13-5-6-15(11-14(13)2)19-16(21)18-12-17(3,4)20-7-9-22-10-8-20/h5-6,11H,7-10,12H2,1-4H3,(H2,18,19,21). The summed E-state index contributed by atoms with van der Waals surface area (Å²) in [6.45, 7) is 12.3. The molecule has 1 aliphatic rings. The van der Waals surface area contributed by atoms with E-state index in [9.17, 15) is 4.79 Å². The molecule has 5 heteroatoms. The summed E-state index contributed by atoms with van der Waals surface area (Å²) in [5, 5.41) is 5.86. The van der Waals surface area contributed by atoms with Crippen LogP contribution in [-0.2, 0) is 4.74 Å². The summed E-state index contributed by atoms with van der Waals surface area (Å²) in [5.74, 6) is 0. The molecule has 1 aromatic carbocycles. The Morgan fingerprint density at radius 3 is 2.55 bits per heavy atom.